The molecule has 0 spiro atoms. The Bertz CT molecular complexity index is 3320. The summed E-state index contributed by atoms with van der Waals surface area (Å²) in [6.45, 7) is 0. The van der Waals surface area contributed by atoms with Gasteiger partial charge in [-0.2, -0.15) is 5.26 Å². The lowest BCUT2D eigenvalue weighted by molar-refractivity contribution is 1.07. The van der Waals surface area contributed by atoms with Crippen molar-refractivity contribution in [3.63, 3.8) is 0 Å². The summed E-state index contributed by atoms with van der Waals surface area (Å²) in [5.74, 6) is 1.76. The van der Waals surface area contributed by atoms with E-state index < -0.39 is 0 Å². The third-order valence-corrected chi connectivity index (χ3v) is 11.0. The minimum atomic E-state index is 0.566. The number of benzene rings is 8. The van der Waals surface area contributed by atoms with Crippen LogP contribution < -0.4 is 0 Å². The Kier molecular flexibility index (Phi) is 7.76. The van der Waals surface area contributed by atoms with Crippen molar-refractivity contribution in [2.45, 2.75) is 0 Å². The van der Waals surface area contributed by atoms with Crippen LogP contribution in [0, 0.1) is 11.3 Å². The lowest BCUT2D eigenvalue weighted by atomic mass is 10.00. The van der Waals surface area contributed by atoms with Crippen LogP contribution in [0.2, 0.25) is 0 Å². The van der Waals surface area contributed by atoms with E-state index in [1.165, 1.54) is 21.5 Å². The molecule has 0 saturated heterocycles. The number of rotatable bonds is 6. The van der Waals surface area contributed by atoms with Gasteiger partial charge in [-0.25, -0.2) is 15.0 Å². The van der Waals surface area contributed by atoms with Crippen LogP contribution in [0.1, 0.15) is 5.56 Å². The van der Waals surface area contributed by atoms with Crippen molar-refractivity contribution in [3.05, 3.63) is 200 Å². The highest BCUT2D eigenvalue weighted by Gasteiger charge is 2.22. The van der Waals surface area contributed by atoms with Crippen molar-refractivity contribution in [2.75, 3.05) is 0 Å². The Balaban J connectivity index is 1.25. The molecule has 8 aromatic carbocycles. The molecule has 0 unspecified atom stereocenters. The molecule has 11 aromatic rings. The van der Waals surface area contributed by atoms with E-state index in [4.69, 9.17) is 15.0 Å². The summed E-state index contributed by atoms with van der Waals surface area (Å²) in [4.78, 5) is 15.3. The minimum absolute atomic E-state index is 0.566. The number of nitriles is 1. The first kappa shape index (κ1) is 33.2. The lowest BCUT2D eigenvalue weighted by Crippen LogP contribution is -2.02. The molecule has 0 radical (unpaired) electrons. The van der Waals surface area contributed by atoms with E-state index in [9.17, 15) is 5.26 Å². The summed E-state index contributed by atoms with van der Waals surface area (Å²) in [7, 11) is 0. The van der Waals surface area contributed by atoms with Crippen LogP contribution in [0.5, 0.6) is 0 Å². The molecule has 0 N–H and O–H groups in total. The van der Waals surface area contributed by atoms with Crippen molar-refractivity contribution in [3.8, 4) is 62.7 Å². The van der Waals surface area contributed by atoms with Crippen molar-refractivity contribution < 1.29 is 0 Å². The first-order chi connectivity index (χ1) is 28.7. The molecule has 0 saturated carbocycles. The molecule has 11 rings (SSSR count). The zero-order valence-corrected chi connectivity index (χ0v) is 31.2. The predicted octanol–water partition coefficient (Wildman–Crippen LogP) is 12.6. The molecule has 0 amide bonds. The van der Waals surface area contributed by atoms with Gasteiger partial charge in [0.1, 0.15) is 0 Å². The average Bonchev–Trinajstić information content (AvgIpc) is 3.83. The van der Waals surface area contributed by atoms with E-state index in [0.29, 0.717) is 23.0 Å². The fraction of sp³-hybridized carbons (Fsp3) is 0. The first-order valence-corrected chi connectivity index (χ1v) is 19.3. The van der Waals surface area contributed by atoms with Crippen molar-refractivity contribution in [2.24, 2.45) is 0 Å². The van der Waals surface area contributed by atoms with Gasteiger partial charge in [0.05, 0.1) is 33.7 Å². The van der Waals surface area contributed by atoms with Gasteiger partial charge in [0.25, 0.3) is 0 Å². The highest BCUT2D eigenvalue weighted by atomic mass is 15.0. The second-order valence-corrected chi connectivity index (χ2v) is 14.4. The summed E-state index contributed by atoms with van der Waals surface area (Å²) in [5, 5.41) is 14.4. The number of hydrogen-bond acceptors (Lipinski definition) is 4. The maximum Gasteiger partial charge on any atom is 0.164 e. The van der Waals surface area contributed by atoms with Crippen LogP contribution in [0.25, 0.3) is 100 Å². The van der Waals surface area contributed by atoms with Gasteiger partial charge in [-0.1, -0.05) is 133 Å². The minimum Gasteiger partial charge on any atom is -0.309 e. The number of nitrogens with zero attached hydrogens (tertiary/aromatic N) is 6. The van der Waals surface area contributed by atoms with E-state index in [1.54, 1.807) is 0 Å². The molecule has 270 valence electrons. The van der Waals surface area contributed by atoms with Crippen molar-refractivity contribution >= 4 is 43.6 Å². The maximum absolute atomic E-state index is 9.66. The topological polar surface area (TPSA) is 72.3 Å². The number of aromatic nitrogens is 5. The Morgan fingerprint density at radius 3 is 1.53 bits per heavy atom. The molecular formula is C52H32N6. The Morgan fingerprint density at radius 2 is 0.897 bits per heavy atom. The van der Waals surface area contributed by atoms with Crippen LogP contribution in [0.4, 0.5) is 0 Å². The SMILES string of the molecule is N#Cc1ccc(-c2cc(-c3nc(-c4ccccc4)nc(-c4ccccc4)n3)cc(-n3c4ccccc4c4ccc5c(c6ccccc6n5-c5ccccc5)c43)c2)cc1. The second kappa shape index (κ2) is 13.6. The summed E-state index contributed by atoms with van der Waals surface area (Å²) in [6.07, 6.45) is 0. The third-order valence-electron chi connectivity index (χ3n) is 11.0. The van der Waals surface area contributed by atoms with Gasteiger partial charge < -0.3 is 9.13 Å². The summed E-state index contributed by atoms with van der Waals surface area (Å²) >= 11 is 0. The molecule has 3 heterocycles. The van der Waals surface area contributed by atoms with E-state index in [-0.39, 0.29) is 0 Å². The van der Waals surface area contributed by atoms with E-state index in [2.05, 4.69) is 124 Å². The third kappa shape index (κ3) is 5.45. The van der Waals surface area contributed by atoms with Crippen LogP contribution in [-0.2, 0) is 0 Å². The standard InChI is InChI=1S/C52H32N6/c53-33-34-24-26-35(27-25-34)38-30-39(52-55-50(36-14-4-1-5-15-36)54-51(56-52)37-16-6-2-7-17-37)32-41(31-38)58-45-22-12-10-20-42(45)43-28-29-47-48(49(43)58)44-21-11-13-23-46(44)57(47)40-18-8-3-9-19-40/h1-32H. The number of fused-ring (bicyclic) bond motifs is 7. The van der Waals surface area contributed by atoms with Crippen LogP contribution in [0.15, 0.2) is 194 Å². The highest BCUT2D eigenvalue weighted by Crippen LogP contribution is 2.43. The van der Waals surface area contributed by atoms with E-state index >= 15 is 0 Å². The molecule has 0 bridgehead atoms. The smallest absolute Gasteiger partial charge is 0.164 e. The number of hydrogen-bond donors (Lipinski definition) is 0. The van der Waals surface area contributed by atoms with Gasteiger partial charge in [-0.05, 0) is 71.8 Å². The largest absolute Gasteiger partial charge is 0.309 e. The first-order valence-electron chi connectivity index (χ1n) is 19.3. The molecule has 58 heavy (non-hydrogen) atoms. The van der Waals surface area contributed by atoms with Crippen LogP contribution in [0.3, 0.4) is 0 Å². The zero-order chi connectivity index (χ0) is 38.6. The molecule has 0 aliphatic carbocycles. The van der Waals surface area contributed by atoms with E-state index in [1.807, 2.05) is 84.9 Å². The highest BCUT2D eigenvalue weighted by molar-refractivity contribution is 6.26. The summed E-state index contributed by atoms with van der Waals surface area (Å²) < 4.78 is 4.77. The Hall–Kier alpha value is -8.14. The fourth-order valence-corrected chi connectivity index (χ4v) is 8.34. The summed E-state index contributed by atoms with van der Waals surface area (Å²) in [6, 6.07) is 69.2. The van der Waals surface area contributed by atoms with E-state index in [0.717, 1.165) is 61.3 Å². The van der Waals surface area contributed by atoms with Crippen molar-refractivity contribution in [1.82, 2.24) is 24.1 Å². The lowest BCUT2D eigenvalue weighted by Gasteiger charge is -2.15. The molecule has 6 heteroatoms. The normalized spacial score (nSPS) is 11.4. The van der Waals surface area contributed by atoms with Gasteiger partial charge >= 0.3 is 0 Å². The monoisotopic (exact) mass is 740 g/mol. The molecule has 6 nitrogen and oxygen atoms in total. The fourth-order valence-electron chi connectivity index (χ4n) is 8.34. The van der Waals surface area contributed by atoms with Crippen LogP contribution >= 0.6 is 0 Å². The quantitative estimate of drug-likeness (QED) is 0.170. The van der Waals surface area contributed by atoms with Crippen LogP contribution in [-0.4, -0.2) is 24.1 Å². The van der Waals surface area contributed by atoms with Gasteiger partial charge in [0.2, 0.25) is 0 Å². The van der Waals surface area contributed by atoms with Gasteiger partial charge in [0, 0.05) is 49.6 Å². The summed E-state index contributed by atoms with van der Waals surface area (Å²) in [5.41, 5.74) is 11.8. The Morgan fingerprint density at radius 1 is 0.362 bits per heavy atom. The predicted molar refractivity (Wildman–Crippen MR) is 235 cm³/mol. The molecule has 0 fully saturated rings. The maximum atomic E-state index is 9.66. The molecule has 0 aliphatic rings. The molecular weight excluding hydrogens is 709 g/mol. The van der Waals surface area contributed by atoms with Crippen molar-refractivity contribution in [1.29, 1.82) is 5.26 Å². The van der Waals surface area contributed by atoms with Gasteiger partial charge in [0.15, 0.2) is 17.5 Å². The molecule has 0 aliphatic heterocycles. The Labute approximate surface area is 334 Å². The molecule has 0 atom stereocenters. The zero-order valence-electron chi connectivity index (χ0n) is 31.2. The van der Waals surface area contributed by atoms with Gasteiger partial charge in [-0.3, -0.25) is 0 Å². The van der Waals surface area contributed by atoms with Gasteiger partial charge in [-0.15, -0.1) is 0 Å². The average molecular weight is 741 g/mol. The second-order valence-electron chi connectivity index (χ2n) is 14.4. The number of para-hydroxylation sites is 3. The molecule has 3 aromatic heterocycles.